The van der Waals surface area contributed by atoms with E-state index in [-0.39, 0.29) is 12.2 Å². The van der Waals surface area contributed by atoms with E-state index >= 15 is 0 Å². The van der Waals surface area contributed by atoms with Gasteiger partial charge in [0, 0.05) is 12.6 Å². The molecule has 0 rings (SSSR count). The largest absolute Gasteiger partial charge is 0.481 e. The van der Waals surface area contributed by atoms with Gasteiger partial charge >= 0.3 is 5.97 Å². The second-order valence-corrected chi connectivity index (χ2v) is 4.38. The molecule has 88 valence electrons. The number of carbonyl (C=O) groups is 2. The van der Waals surface area contributed by atoms with Crippen LogP contribution >= 0.6 is 8.38 Å². The number of hydrogen-bond donors (Lipinski definition) is 1. The number of hydrogen-bond acceptors (Lipinski definition) is 4. The first-order chi connectivity index (χ1) is 7.10. The molecule has 0 unspecified atom stereocenters. The van der Waals surface area contributed by atoms with Crippen LogP contribution in [0.1, 0.15) is 26.7 Å². The first-order valence-electron chi connectivity index (χ1n) is 4.87. The van der Waals surface area contributed by atoms with Crippen molar-refractivity contribution in [3.8, 4) is 0 Å². The monoisotopic (exact) mass is 236 g/mol. The first-order valence-corrected chi connectivity index (χ1v) is 6.23. The molecule has 5 nitrogen and oxygen atoms in total. The molecule has 0 saturated carbocycles. The zero-order chi connectivity index (χ0) is 11.7. The van der Waals surface area contributed by atoms with E-state index in [1.165, 1.54) is 0 Å². The fourth-order valence-corrected chi connectivity index (χ4v) is 2.27. The van der Waals surface area contributed by atoms with Gasteiger partial charge in [-0.25, -0.2) is 0 Å². The van der Waals surface area contributed by atoms with Gasteiger partial charge < -0.3 is 14.2 Å². The maximum absolute atomic E-state index is 11.1. The van der Waals surface area contributed by atoms with Crippen molar-refractivity contribution in [3.63, 3.8) is 0 Å². The topological polar surface area (TPSA) is 72.8 Å². The first kappa shape index (κ1) is 14.5. The Bertz CT molecular complexity index is 201. The quantitative estimate of drug-likeness (QED) is 0.488. The van der Waals surface area contributed by atoms with E-state index in [2.05, 4.69) is 0 Å². The number of carboxylic acids is 1. The minimum atomic E-state index is -1.09. The summed E-state index contributed by atoms with van der Waals surface area (Å²) in [6.07, 6.45) is 0.266. The molecule has 0 aromatic carbocycles. The van der Waals surface area contributed by atoms with Crippen molar-refractivity contribution in [2.75, 3.05) is 19.4 Å². The Morgan fingerprint density at radius 1 is 1.20 bits per heavy atom. The van der Waals surface area contributed by atoms with Crippen LogP contribution in [0, 0.1) is 0 Å². The summed E-state index contributed by atoms with van der Waals surface area (Å²) in [6.45, 7) is 4.79. The molecule has 0 aliphatic heterocycles. The average Bonchev–Trinajstić information content (AvgIpc) is 2.14. The molecule has 6 heteroatoms. The highest BCUT2D eigenvalue weighted by Crippen LogP contribution is 2.38. The fraction of sp³-hybridized carbons (Fsp3) is 0.778. The van der Waals surface area contributed by atoms with Crippen LogP contribution < -0.4 is 0 Å². The van der Waals surface area contributed by atoms with Crippen molar-refractivity contribution in [2.45, 2.75) is 26.7 Å². The minimum absolute atomic E-state index is 0.206. The van der Waals surface area contributed by atoms with E-state index in [0.717, 1.165) is 0 Å². The third kappa shape index (κ3) is 8.48. The maximum atomic E-state index is 11.1. The molecular weight excluding hydrogens is 219 g/mol. The third-order valence-electron chi connectivity index (χ3n) is 1.47. The second kappa shape index (κ2) is 8.77. The van der Waals surface area contributed by atoms with Crippen LogP contribution in [0.2, 0.25) is 0 Å². The summed E-state index contributed by atoms with van der Waals surface area (Å²) in [6, 6.07) is 0. The van der Waals surface area contributed by atoms with Gasteiger partial charge in [-0.3, -0.25) is 9.59 Å². The van der Waals surface area contributed by atoms with E-state index in [4.69, 9.17) is 14.2 Å². The predicted octanol–water partition coefficient (Wildman–Crippen LogP) is 1.81. The van der Waals surface area contributed by atoms with Gasteiger partial charge in [0.1, 0.15) is 12.2 Å². The molecule has 0 spiro atoms. The molecule has 0 aliphatic rings. The van der Waals surface area contributed by atoms with Gasteiger partial charge in [-0.15, -0.1) is 0 Å². The summed E-state index contributed by atoms with van der Waals surface area (Å²) in [5, 5.41) is 8.38. The number of carbonyl (C=O) groups excluding carboxylic acids is 1. The lowest BCUT2D eigenvalue weighted by Crippen LogP contribution is -2.08. The van der Waals surface area contributed by atoms with Crippen molar-refractivity contribution < 1.29 is 23.7 Å². The van der Waals surface area contributed by atoms with Crippen LogP contribution in [0.3, 0.4) is 0 Å². The van der Waals surface area contributed by atoms with Gasteiger partial charge in [0.05, 0.1) is 13.2 Å². The molecule has 0 aromatic rings. The lowest BCUT2D eigenvalue weighted by molar-refractivity contribution is -0.140. The highest BCUT2D eigenvalue weighted by Gasteiger charge is 2.13. The SMILES string of the molecule is CCOP(CCC(=O)CC(=O)O)OCC. The lowest BCUT2D eigenvalue weighted by atomic mass is 10.2. The van der Waals surface area contributed by atoms with Crippen LogP contribution in [-0.4, -0.2) is 36.2 Å². The van der Waals surface area contributed by atoms with E-state index in [9.17, 15) is 9.59 Å². The van der Waals surface area contributed by atoms with Crippen molar-refractivity contribution in [2.24, 2.45) is 0 Å². The van der Waals surface area contributed by atoms with E-state index in [1.54, 1.807) is 0 Å². The Morgan fingerprint density at radius 3 is 2.13 bits per heavy atom. The van der Waals surface area contributed by atoms with Gasteiger partial charge in [0.25, 0.3) is 0 Å². The smallest absolute Gasteiger partial charge is 0.310 e. The van der Waals surface area contributed by atoms with Gasteiger partial charge in [0.2, 0.25) is 0 Å². The summed E-state index contributed by atoms with van der Waals surface area (Å²) >= 11 is 0. The van der Waals surface area contributed by atoms with E-state index < -0.39 is 20.8 Å². The fourth-order valence-electron chi connectivity index (χ4n) is 0.927. The Labute approximate surface area is 90.7 Å². The summed E-state index contributed by atoms with van der Waals surface area (Å²) in [4.78, 5) is 21.3. The van der Waals surface area contributed by atoms with Crippen LogP contribution in [-0.2, 0) is 18.6 Å². The molecule has 0 heterocycles. The molecular formula is C9H17O5P. The number of Topliss-reactive ketones (excluding diaryl/α,β-unsaturated/α-hetero) is 1. The molecule has 0 aromatic heterocycles. The Hall–Kier alpha value is -0.510. The van der Waals surface area contributed by atoms with Crippen LogP contribution in [0.15, 0.2) is 0 Å². The van der Waals surface area contributed by atoms with E-state index in [0.29, 0.717) is 19.4 Å². The number of aliphatic carboxylic acids is 1. The summed E-state index contributed by atoms with van der Waals surface area (Å²) in [7, 11) is -1.03. The lowest BCUT2D eigenvalue weighted by Gasteiger charge is -2.14. The van der Waals surface area contributed by atoms with Crippen molar-refractivity contribution in [3.05, 3.63) is 0 Å². The molecule has 0 bridgehead atoms. The average molecular weight is 236 g/mol. The molecule has 15 heavy (non-hydrogen) atoms. The standard InChI is InChI=1S/C9H17O5P/c1-3-13-15(14-4-2)6-5-8(10)7-9(11)12/h3-7H2,1-2H3,(H,11,12). The minimum Gasteiger partial charge on any atom is -0.481 e. The number of ketones is 1. The van der Waals surface area contributed by atoms with E-state index in [1.807, 2.05) is 13.8 Å². The molecule has 0 amide bonds. The van der Waals surface area contributed by atoms with Crippen LogP contribution in [0.4, 0.5) is 0 Å². The normalized spacial score (nSPS) is 10.6. The molecule has 0 atom stereocenters. The number of carboxylic acid groups (broad SMARTS) is 1. The number of rotatable bonds is 9. The zero-order valence-corrected chi connectivity index (χ0v) is 9.96. The highest BCUT2D eigenvalue weighted by molar-refractivity contribution is 7.47. The van der Waals surface area contributed by atoms with Crippen LogP contribution in [0.5, 0.6) is 0 Å². The molecule has 1 N–H and O–H groups in total. The van der Waals surface area contributed by atoms with Gasteiger partial charge in [0.15, 0.2) is 8.38 Å². The summed E-state index contributed by atoms with van der Waals surface area (Å²) in [5.41, 5.74) is 0. The van der Waals surface area contributed by atoms with Crippen molar-refractivity contribution in [1.82, 2.24) is 0 Å². The third-order valence-corrected chi connectivity index (χ3v) is 3.15. The van der Waals surface area contributed by atoms with Gasteiger partial charge in [-0.05, 0) is 13.8 Å². The Morgan fingerprint density at radius 2 is 1.73 bits per heavy atom. The predicted molar refractivity (Wildman–Crippen MR) is 56.9 cm³/mol. The van der Waals surface area contributed by atoms with Crippen molar-refractivity contribution in [1.29, 1.82) is 0 Å². The second-order valence-electron chi connectivity index (χ2n) is 2.75. The Kier molecular flexibility index (Phi) is 8.47. The van der Waals surface area contributed by atoms with Gasteiger partial charge in [-0.2, -0.15) is 0 Å². The molecule has 0 fully saturated rings. The van der Waals surface area contributed by atoms with Crippen molar-refractivity contribution >= 4 is 20.1 Å². The zero-order valence-electron chi connectivity index (χ0n) is 9.06. The molecule has 0 radical (unpaired) electrons. The Balaban J connectivity index is 3.77. The summed E-state index contributed by atoms with van der Waals surface area (Å²) in [5.74, 6) is -1.37. The highest BCUT2D eigenvalue weighted by atomic mass is 31.2. The van der Waals surface area contributed by atoms with Gasteiger partial charge in [-0.1, -0.05) is 0 Å². The molecule has 0 saturated heterocycles. The van der Waals surface area contributed by atoms with Crippen LogP contribution in [0.25, 0.3) is 0 Å². The summed E-state index contributed by atoms with van der Waals surface area (Å²) < 4.78 is 10.6. The maximum Gasteiger partial charge on any atom is 0.310 e. The molecule has 0 aliphatic carbocycles.